The van der Waals surface area contributed by atoms with E-state index in [0.29, 0.717) is 35.7 Å². The number of Topliss-reactive ketones (excluding diaryl/α,β-unsaturated/α-hetero) is 1. The van der Waals surface area contributed by atoms with Crippen LogP contribution in [0.15, 0.2) is 54.1 Å². The van der Waals surface area contributed by atoms with Crippen molar-refractivity contribution in [3.63, 3.8) is 0 Å². The summed E-state index contributed by atoms with van der Waals surface area (Å²) in [4.78, 5) is 27.3. The first-order valence-electron chi connectivity index (χ1n) is 9.58. The number of rotatable bonds is 8. The van der Waals surface area contributed by atoms with E-state index in [2.05, 4.69) is 0 Å². The summed E-state index contributed by atoms with van der Waals surface area (Å²) in [5, 5.41) is 11.0. The maximum absolute atomic E-state index is 13.0. The highest BCUT2D eigenvalue weighted by Crippen LogP contribution is 2.43. The van der Waals surface area contributed by atoms with E-state index >= 15 is 0 Å². The average molecular weight is 411 g/mol. The number of likely N-dealkylation sites (tertiary alicyclic amines) is 1. The summed E-state index contributed by atoms with van der Waals surface area (Å²) in [6, 6.07) is 13.0. The first-order chi connectivity index (χ1) is 14.5. The molecule has 0 saturated carbocycles. The molecule has 1 N–H and O–H groups in total. The molecule has 0 aromatic heterocycles. The second kappa shape index (κ2) is 9.45. The number of ether oxygens (including phenoxy) is 3. The van der Waals surface area contributed by atoms with Gasteiger partial charge in [0.15, 0.2) is 0 Å². The number of aliphatic hydroxyl groups excluding tert-OH is 1. The summed E-state index contributed by atoms with van der Waals surface area (Å²) in [5.41, 5.74) is 1.04. The molecule has 2 aromatic carbocycles. The Labute approximate surface area is 175 Å². The van der Waals surface area contributed by atoms with E-state index in [1.54, 1.807) is 49.6 Å². The molecule has 1 aliphatic rings. The van der Waals surface area contributed by atoms with Gasteiger partial charge in [0, 0.05) is 31.4 Å². The largest absolute Gasteiger partial charge is 0.507 e. The van der Waals surface area contributed by atoms with E-state index < -0.39 is 17.7 Å². The molecule has 7 heteroatoms. The zero-order valence-corrected chi connectivity index (χ0v) is 17.3. The molecule has 7 nitrogen and oxygen atoms in total. The molecular weight excluding hydrogens is 386 g/mol. The van der Waals surface area contributed by atoms with Crippen LogP contribution in [0.4, 0.5) is 0 Å². The second-order valence-electron chi connectivity index (χ2n) is 6.81. The van der Waals surface area contributed by atoms with Crippen molar-refractivity contribution in [3.05, 3.63) is 65.2 Å². The molecule has 30 heavy (non-hydrogen) atoms. The number of hydrogen-bond acceptors (Lipinski definition) is 6. The molecule has 1 fully saturated rings. The first-order valence-corrected chi connectivity index (χ1v) is 9.58. The Morgan fingerprint density at radius 3 is 2.40 bits per heavy atom. The predicted molar refractivity (Wildman–Crippen MR) is 111 cm³/mol. The van der Waals surface area contributed by atoms with Crippen LogP contribution in [0.2, 0.25) is 0 Å². The highest BCUT2D eigenvalue weighted by atomic mass is 16.5. The van der Waals surface area contributed by atoms with Crippen molar-refractivity contribution < 1.29 is 28.9 Å². The number of carbonyl (C=O) groups is 2. The summed E-state index contributed by atoms with van der Waals surface area (Å²) >= 11 is 0. The van der Waals surface area contributed by atoms with Crippen LogP contribution in [0, 0.1) is 0 Å². The minimum atomic E-state index is -0.813. The number of nitrogens with zero attached hydrogens (tertiary/aromatic N) is 1. The number of hydrogen-bond donors (Lipinski definition) is 1. The van der Waals surface area contributed by atoms with Crippen molar-refractivity contribution >= 4 is 17.4 Å². The van der Waals surface area contributed by atoms with Gasteiger partial charge >= 0.3 is 0 Å². The molecule has 0 radical (unpaired) electrons. The number of carbonyl (C=O) groups excluding carboxylic acids is 2. The Morgan fingerprint density at radius 1 is 1.03 bits per heavy atom. The topological polar surface area (TPSA) is 85.3 Å². The van der Waals surface area contributed by atoms with Gasteiger partial charge < -0.3 is 24.2 Å². The second-order valence-corrected chi connectivity index (χ2v) is 6.81. The van der Waals surface area contributed by atoms with Gasteiger partial charge in [0.1, 0.15) is 17.3 Å². The smallest absolute Gasteiger partial charge is 0.295 e. The fraction of sp³-hybridized carbons (Fsp3) is 0.304. The highest BCUT2D eigenvalue weighted by molar-refractivity contribution is 6.46. The quantitative estimate of drug-likeness (QED) is 0.311. The molecule has 1 amide bonds. The van der Waals surface area contributed by atoms with Crippen LogP contribution in [0.3, 0.4) is 0 Å². The molecule has 1 saturated heterocycles. The lowest BCUT2D eigenvalue weighted by Gasteiger charge is -2.27. The predicted octanol–water partition coefficient (Wildman–Crippen LogP) is 3.16. The molecule has 1 unspecified atom stereocenters. The van der Waals surface area contributed by atoms with E-state index in [-0.39, 0.29) is 17.9 Å². The van der Waals surface area contributed by atoms with Crippen molar-refractivity contribution in [2.45, 2.75) is 12.5 Å². The van der Waals surface area contributed by atoms with Crippen molar-refractivity contribution in [1.82, 2.24) is 4.90 Å². The van der Waals surface area contributed by atoms with Crippen LogP contribution in [0.1, 0.15) is 23.6 Å². The van der Waals surface area contributed by atoms with Gasteiger partial charge in [-0.1, -0.05) is 30.3 Å². The van der Waals surface area contributed by atoms with Gasteiger partial charge in [-0.05, 0) is 24.6 Å². The zero-order valence-electron chi connectivity index (χ0n) is 17.3. The van der Waals surface area contributed by atoms with Crippen LogP contribution < -0.4 is 9.47 Å². The van der Waals surface area contributed by atoms with Gasteiger partial charge in [-0.2, -0.15) is 0 Å². The molecule has 0 bridgehead atoms. The van der Waals surface area contributed by atoms with Crippen LogP contribution in [-0.4, -0.2) is 56.2 Å². The minimum absolute atomic E-state index is 0.0233. The van der Waals surface area contributed by atoms with Crippen LogP contribution >= 0.6 is 0 Å². The maximum atomic E-state index is 13.0. The SMILES string of the molecule is COCCCN1C(=O)C(=O)/C(=C(/O)c2ccccc2)C1c1cc(OC)ccc1OC. The Hall–Kier alpha value is -3.32. The van der Waals surface area contributed by atoms with Crippen molar-refractivity contribution in [3.8, 4) is 11.5 Å². The number of amides is 1. The molecule has 158 valence electrons. The van der Waals surface area contributed by atoms with Gasteiger partial charge in [0.2, 0.25) is 0 Å². The summed E-state index contributed by atoms with van der Waals surface area (Å²) in [6.45, 7) is 0.721. The van der Waals surface area contributed by atoms with Crippen LogP contribution in [0.25, 0.3) is 5.76 Å². The molecule has 2 aromatic rings. The first kappa shape index (κ1) is 21.4. The third-order valence-corrected chi connectivity index (χ3v) is 5.07. The third kappa shape index (κ3) is 4.02. The highest BCUT2D eigenvalue weighted by Gasteiger charge is 2.46. The maximum Gasteiger partial charge on any atom is 0.295 e. The molecule has 1 atom stereocenters. The Balaban J connectivity index is 2.20. The average Bonchev–Trinajstić information content (AvgIpc) is 3.03. The minimum Gasteiger partial charge on any atom is -0.507 e. The lowest BCUT2D eigenvalue weighted by Crippen LogP contribution is -2.31. The molecule has 3 rings (SSSR count). The van der Waals surface area contributed by atoms with E-state index in [1.807, 2.05) is 6.07 Å². The van der Waals surface area contributed by atoms with Crippen molar-refractivity contribution in [2.75, 3.05) is 34.5 Å². The number of methoxy groups -OCH3 is 3. The Kier molecular flexibility index (Phi) is 6.74. The number of aliphatic hydroxyl groups is 1. The Bertz CT molecular complexity index is 953. The van der Waals surface area contributed by atoms with E-state index in [4.69, 9.17) is 14.2 Å². The fourth-order valence-corrected chi connectivity index (χ4v) is 3.62. The van der Waals surface area contributed by atoms with Crippen molar-refractivity contribution in [1.29, 1.82) is 0 Å². The molecule has 1 heterocycles. The van der Waals surface area contributed by atoms with Gasteiger partial charge in [-0.3, -0.25) is 9.59 Å². The van der Waals surface area contributed by atoms with Gasteiger partial charge in [-0.15, -0.1) is 0 Å². The number of ketones is 1. The fourth-order valence-electron chi connectivity index (χ4n) is 3.62. The summed E-state index contributed by atoms with van der Waals surface area (Å²) < 4.78 is 15.9. The summed E-state index contributed by atoms with van der Waals surface area (Å²) in [5.74, 6) is -0.591. The van der Waals surface area contributed by atoms with E-state index in [1.165, 1.54) is 19.1 Å². The molecular formula is C23H25NO6. The van der Waals surface area contributed by atoms with Gasteiger partial charge in [-0.25, -0.2) is 0 Å². The molecule has 0 aliphatic carbocycles. The normalized spacial score (nSPS) is 18.0. The van der Waals surface area contributed by atoms with Crippen molar-refractivity contribution in [2.24, 2.45) is 0 Å². The number of benzene rings is 2. The van der Waals surface area contributed by atoms with Gasteiger partial charge in [0.25, 0.3) is 11.7 Å². The molecule has 1 aliphatic heterocycles. The third-order valence-electron chi connectivity index (χ3n) is 5.07. The summed E-state index contributed by atoms with van der Waals surface area (Å²) in [7, 11) is 4.62. The zero-order chi connectivity index (χ0) is 21.7. The summed E-state index contributed by atoms with van der Waals surface area (Å²) in [6.07, 6.45) is 0.539. The van der Waals surface area contributed by atoms with Crippen LogP contribution in [-0.2, 0) is 14.3 Å². The monoisotopic (exact) mass is 411 g/mol. The van der Waals surface area contributed by atoms with Crippen LogP contribution in [0.5, 0.6) is 11.5 Å². The lowest BCUT2D eigenvalue weighted by atomic mass is 9.94. The standard InChI is InChI=1S/C23H25NO6/c1-28-13-7-12-24-20(17-14-16(29-2)10-11-18(17)30-3)19(22(26)23(24)27)21(25)15-8-5-4-6-9-15/h4-6,8-11,14,20,25H,7,12-13H2,1-3H3/b21-19+. The van der Waals surface area contributed by atoms with E-state index in [0.717, 1.165) is 0 Å². The van der Waals surface area contributed by atoms with Gasteiger partial charge in [0.05, 0.1) is 25.8 Å². The van der Waals surface area contributed by atoms with E-state index in [9.17, 15) is 14.7 Å². The lowest BCUT2D eigenvalue weighted by molar-refractivity contribution is -0.140. The Morgan fingerprint density at radius 2 is 1.77 bits per heavy atom. The molecule has 0 spiro atoms.